The maximum absolute atomic E-state index is 13.3. The van der Waals surface area contributed by atoms with Crippen LogP contribution in [-0.2, 0) is 0 Å². The lowest BCUT2D eigenvalue weighted by atomic mass is 10.0. The summed E-state index contributed by atoms with van der Waals surface area (Å²) in [5, 5.41) is 10.3. The Morgan fingerprint density at radius 1 is 1.33 bits per heavy atom. The van der Waals surface area contributed by atoms with E-state index in [4.69, 9.17) is 0 Å². The second-order valence-electron chi connectivity index (χ2n) is 7.22. The Bertz CT molecular complexity index is 772. The number of anilines is 1. The highest BCUT2D eigenvalue weighted by Gasteiger charge is 2.37. The number of benzene rings is 1. The van der Waals surface area contributed by atoms with Crippen molar-refractivity contribution in [2.75, 3.05) is 18.0 Å². The number of nitrogens with zero attached hydrogens (tertiary/aromatic N) is 3. The van der Waals surface area contributed by atoms with Gasteiger partial charge in [-0.05, 0) is 57.5 Å². The van der Waals surface area contributed by atoms with Gasteiger partial charge >= 0.3 is 6.09 Å². The molecule has 2 aromatic rings. The van der Waals surface area contributed by atoms with Crippen LogP contribution < -0.4 is 4.90 Å². The summed E-state index contributed by atoms with van der Waals surface area (Å²) in [6.45, 7) is 7.10. The molecular weight excluding hydrogens is 309 g/mol. The Morgan fingerprint density at radius 3 is 2.75 bits per heavy atom. The molecule has 0 spiro atoms. The number of carboxylic acid groups (broad SMARTS) is 1. The second-order valence-corrected chi connectivity index (χ2v) is 7.22. The number of halogens is 1. The van der Waals surface area contributed by atoms with Gasteiger partial charge in [-0.2, -0.15) is 0 Å². The maximum atomic E-state index is 13.3. The second kappa shape index (κ2) is 5.92. The SMILES string of the molecule is CC(C)(C)N(C(=O)O)C1CCN(c2ccc3cc(F)ccc3n2)C1. The number of fused-ring (bicyclic) bond motifs is 1. The highest BCUT2D eigenvalue weighted by atomic mass is 19.1. The molecule has 1 aliphatic rings. The standard InChI is InChI=1S/C18H22FN3O2/c1-18(2,3)22(17(23)24)14-8-9-21(11-14)16-7-4-12-10-13(19)5-6-15(12)20-16/h4-7,10,14H,8-9,11H2,1-3H3,(H,23,24). The van der Waals surface area contributed by atoms with Crippen LogP contribution in [0.25, 0.3) is 10.9 Å². The summed E-state index contributed by atoms with van der Waals surface area (Å²) in [6, 6.07) is 8.19. The zero-order valence-electron chi connectivity index (χ0n) is 14.2. The first-order valence-corrected chi connectivity index (χ1v) is 8.09. The number of hydrogen-bond acceptors (Lipinski definition) is 3. The van der Waals surface area contributed by atoms with Gasteiger partial charge in [0.2, 0.25) is 0 Å². The van der Waals surface area contributed by atoms with Crippen LogP contribution in [0.5, 0.6) is 0 Å². The number of amides is 1. The van der Waals surface area contributed by atoms with Crippen molar-refractivity contribution >= 4 is 22.8 Å². The van der Waals surface area contributed by atoms with Crippen LogP contribution in [0.1, 0.15) is 27.2 Å². The summed E-state index contributed by atoms with van der Waals surface area (Å²) in [6.07, 6.45) is -0.122. The third kappa shape index (κ3) is 3.13. The van der Waals surface area contributed by atoms with Crippen LogP contribution in [0, 0.1) is 5.82 Å². The first-order chi connectivity index (χ1) is 11.3. The summed E-state index contributed by atoms with van der Waals surface area (Å²) in [5.74, 6) is 0.524. The molecule has 24 heavy (non-hydrogen) atoms. The van der Waals surface area contributed by atoms with Gasteiger partial charge in [0.15, 0.2) is 0 Å². The number of pyridine rings is 1. The number of hydrogen-bond donors (Lipinski definition) is 1. The minimum absolute atomic E-state index is 0.0618. The molecule has 1 N–H and O–H groups in total. The van der Waals surface area contributed by atoms with Crippen LogP contribution in [0.4, 0.5) is 15.0 Å². The molecule has 1 saturated heterocycles. The van der Waals surface area contributed by atoms with Crippen LogP contribution in [0.3, 0.4) is 0 Å². The Balaban J connectivity index is 1.82. The molecule has 2 heterocycles. The van der Waals surface area contributed by atoms with E-state index in [2.05, 4.69) is 9.88 Å². The van der Waals surface area contributed by atoms with Crippen LogP contribution >= 0.6 is 0 Å². The fourth-order valence-corrected chi connectivity index (χ4v) is 3.41. The van der Waals surface area contributed by atoms with E-state index >= 15 is 0 Å². The van der Waals surface area contributed by atoms with Gasteiger partial charge in [-0.3, -0.25) is 4.90 Å². The third-order valence-electron chi connectivity index (χ3n) is 4.42. The van der Waals surface area contributed by atoms with Gasteiger partial charge in [0.05, 0.1) is 11.6 Å². The normalized spacial score (nSPS) is 18.2. The van der Waals surface area contributed by atoms with Crippen molar-refractivity contribution in [3.05, 3.63) is 36.1 Å². The highest BCUT2D eigenvalue weighted by Crippen LogP contribution is 2.28. The average Bonchev–Trinajstić information content (AvgIpc) is 2.94. The van der Waals surface area contributed by atoms with Crippen LogP contribution in [0.2, 0.25) is 0 Å². The summed E-state index contributed by atoms with van der Waals surface area (Å²) in [5.41, 5.74) is 0.296. The summed E-state index contributed by atoms with van der Waals surface area (Å²) >= 11 is 0. The molecule has 1 unspecified atom stereocenters. The molecule has 0 aliphatic carbocycles. The van der Waals surface area contributed by atoms with E-state index in [0.29, 0.717) is 6.54 Å². The summed E-state index contributed by atoms with van der Waals surface area (Å²) in [7, 11) is 0. The Morgan fingerprint density at radius 2 is 2.08 bits per heavy atom. The van der Waals surface area contributed by atoms with Gasteiger partial charge in [0, 0.05) is 24.0 Å². The predicted octanol–water partition coefficient (Wildman–Crippen LogP) is 3.73. The first kappa shape index (κ1) is 16.5. The largest absolute Gasteiger partial charge is 0.465 e. The minimum Gasteiger partial charge on any atom is -0.465 e. The maximum Gasteiger partial charge on any atom is 0.408 e. The zero-order valence-corrected chi connectivity index (χ0v) is 14.2. The average molecular weight is 331 g/mol. The van der Waals surface area contributed by atoms with E-state index in [1.54, 1.807) is 6.07 Å². The smallest absolute Gasteiger partial charge is 0.408 e. The lowest BCUT2D eigenvalue weighted by Crippen LogP contribution is -2.52. The topological polar surface area (TPSA) is 56.7 Å². The monoisotopic (exact) mass is 331 g/mol. The summed E-state index contributed by atoms with van der Waals surface area (Å²) in [4.78, 5) is 19.9. The summed E-state index contributed by atoms with van der Waals surface area (Å²) < 4.78 is 13.3. The molecule has 0 radical (unpaired) electrons. The zero-order chi connectivity index (χ0) is 17.5. The third-order valence-corrected chi connectivity index (χ3v) is 4.42. The van der Waals surface area contributed by atoms with Crippen molar-refractivity contribution in [1.29, 1.82) is 0 Å². The van der Waals surface area contributed by atoms with Crippen molar-refractivity contribution in [1.82, 2.24) is 9.88 Å². The molecule has 1 aromatic heterocycles. The molecule has 6 heteroatoms. The van der Waals surface area contributed by atoms with Gasteiger partial charge in [0.25, 0.3) is 0 Å². The molecule has 0 saturated carbocycles. The van der Waals surface area contributed by atoms with E-state index in [1.165, 1.54) is 17.0 Å². The number of carbonyl (C=O) groups is 1. The molecule has 128 valence electrons. The van der Waals surface area contributed by atoms with E-state index in [1.807, 2.05) is 32.9 Å². The Hall–Kier alpha value is -2.37. The van der Waals surface area contributed by atoms with E-state index in [9.17, 15) is 14.3 Å². The molecule has 1 aromatic carbocycles. The van der Waals surface area contributed by atoms with Crippen molar-refractivity contribution in [3.63, 3.8) is 0 Å². The fourth-order valence-electron chi connectivity index (χ4n) is 3.41. The quantitative estimate of drug-likeness (QED) is 0.911. The van der Waals surface area contributed by atoms with Crippen molar-refractivity contribution in [2.24, 2.45) is 0 Å². The van der Waals surface area contributed by atoms with E-state index < -0.39 is 11.6 Å². The van der Waals surface area contributed by atoms with Gasteiger partial charge in [-0.25, -0.2) is 14.2 Å². The Kier molecular flexibility index (Phi) is 4.07. The van der Waals surface area contributed by atoms with E-state index in [0.717, 1.165) is 29.7 Å². The van der Waals surface area contributed by atoms with Crippen LogP contribution in [-0.4, -0.2) is 45.8 Å². The minimum atomic E-state index is -0.892. The van der Waals surface area contributed by atoms with Crippen molar-refractivity contribution in [3.8, 4) is 0 Å². The van der Waals surface area contributed by atoms with Crippen LogP contribution in [0.15, 0.2) is 30.3 Å². The van der Waals surface area contributed by atoms with Crippen molar-refractivity contribution in [2.45, 2.75) is 38.8 Å². The first-order valence-electron chi connectivity index (χ1n) is 8.09. The molecule has 3 rings (SSSR count). The molecule has 1 atom stereocenters. The lowest BCUT2D eigenvalue weighted by molar-refractivity contribution is 0.0763. The van der Waals surface area contributed by atoms with Gasteiger partial charge in [0.1, 0.15) is 11.6 Å². The van der Waals surface area contributed by atoms with Gasteiger partial charge in [-0.15, -0.1) is 0 Å². The Labute approximate surface area is 140 Å². The predicted molar refractivity (Wildman–Crippen MR) is 91.9 cm³/mol. The van der Waals surface area contributed by atoms with Gasteiger partial charge < -0.3 is 10.0 Å². The molecule has 1 amide bonds. The van der Waals surface area contributed by atoms with E-state index in [-0.39, 0.29) is 11.9 Å². The molecule has 0 bridgehead atoms. The molecule has 5 nitrogen and oxygen atoms in total. The molecule has 1 aliphatic heterocycles. The molecular formula is C18H22FN3O2. The fraction of sp³-hybridized carbons (Fsp3) is 0.444. The highest BCUT2D eigenvalue weighted by molar-refractivity contribution is 5.80. The number of aromatic nitrogens is 1. The van der Waals surface area contributed by atoms with Crippen molar-refractivity contribution < 1.29 is 14.3 Å². The lowest BCUT2D eigenvalue weighted by Gasteiger charge is -2.37. The van der Waals surface area contributed by atoms with Gasteiger partial charge in [-0.1, -0.05) is 0 Å². The molecule has 1 fully saturated rings. The number of rotatable bonds is 2.